The molecule has 0 radical (unpaired) electrons. The summed E-state index contributed by atoms with van der Waals surface area (Å²) in [6, 6.07) is 12.3. The molecular formula is C18H16N2O. The Morgan fingerprint density at radius 2 is 2.00 bits per heavy atom. The Kier molecular flexibility index (Phi) is 2.67. The molecule has 0 saturated carbocycles. The highest BCUT2D eigenvalue weighted by atomic mass is 16.1. The molecule has 0 bridgehead atoms. The van der Waals surface area contributed by atoms with E-state index in [1.165, 1.54) is 0 Å². The summed E-state index contributed by atoms with van der Waals surface area (Å²) in [7, 11) is 0. The van der Waals surface area contributed by atoms with Crippen LogP contribution in [0.4, 0.5) is 0 Å². The van der Waals surface area contributed by atoms with Crippen molar-refractivity contribution in [3.8, 4) is 5.69 Å². The van der Waals surface area contributed by atoms with Crippen LogP contribution < -0.4 is 0 Å². The van der Waals surface area contributed by atoms with Gasteiger partial charge < -0.3 is 4.57 Å². The summed E-state index contributed by atoms with van der Waals surface area (Å²) in [6.07, 6.45) is 4.47. The van der Waals surface area contributed by atoms with Gasteiger partial charge in [0.15, 0.2) is 5.78 Å². The maximum Gasteiger partial charge on any atom is 0.164 e. The number of ketones is 1. The Morgan fingerprint density at radius 1 is 1.14 bits per heavy atom. The van der Waals surface area contributed by atoms with E-state index in [1.807, 2.05) is 30.5 Å². The zero-order chi connectivity index (χ0) is 14.4. The van der Waals surface area contributed by atoms with E-state index in [0.717, 1.165) is 46.4 Å². The van der Waals surface area contributed by atoms with E-state index in [1.54, 1.807) is 0 Å². The van der Waals surface area contributed by atoms with Gasteiger partial charge in [-0.2, -0.15) is 0 Å². The van der Waals surface area contributed by atoms with E-state index in [2.05, 4.69) is 28.6 Å². The lowest BCUT2D eigenvalue weighted by atomic mass is 9.96. The number of aryl methyl sites for hydroxylation is 1. The third-order valence-electron chi connectivity index (χ3n) is 4.24. The van der Waals surface area contributed by atoms with Gasteiger partial charge in [0.1, 0.15) is 0 Å². The minimum atomic E-state index is 0.270. The predicted octanol–water partition coefficient (Wildman–Crippen LogP) is 3.85. The number of nitrogens with zero attached hydrogens (tertiary/aromatic N) is 2. The van der Waals surface area contributed by atoms with Crippen molar-refractivity contribution in [2.45, 2.75) is 26.2 Å². The van der Waals surface area contributed by atoms with Gasteiger partial charge in [-0.05, 0) is 38.0 Å². The average Bonchev–Trinajstić information content (AvgIpc) is 2.84. The van der Waals surface area contributed by atoms with Gasteiger partial charge in [-0.15, -0.1) is 0 Å². The molecule has 4 rings (SSSR count). The van der Waals surface area contributed by atoms with Gasteiger partial charge in [0.2, 0.25) is 0 Å². The van der Waals surface area contributed by atoms with E-state index in [0.29, 0.717) is 6.42 Å². The van der Waals surface area contributed by atoms with Crippen LogP contribution in [-0.2, 0) is 6.42 Å². The molecule has 3 aromatic rings. The molecule has 0 atom stereocenters. The first-order chi connectivity index (χ1) is 10.2. The van der Waals surface area contributed by atoms with Crippen molar-refractivity contribution in [2.24, 2.45) is 0 Å². The van der Waals surface area contributed by atoms with Crippen LogP contribution in [0.2, 0.25) is 0 Å². The lowest BCUT2D eigenvalue weighted by Gasteiger charge is -2.16. The number of Topliss-reactive ketones (excluding diaryl/α,β-unsaturated/α-hetero) is 1. The van der Waals surface area contributed by atoms with Crippen LogP contribution in [-0.4, -0.2) is 15.3 Å². The third-order valence-corrected chi connectivity index (χ3v) is 4.24. The van der Waals surface area contributed by atoms with Gasteiger partial charge in [0.05, 0.1) is 17.4 Å². The highest BCUT2D eigenvalue weighted by molar-refractivity contribution is 5.98. The van der Waals surface area contributed by atoms with Crippen molar-refractivity contribution < 1.29 is 4.79 Å². The quantitative estimate of drug-likeness (QED) is 0.676. The summed E-state index contributed by atoms with van der Waals surface area (Å²) in [5, 5.41) is 1.12. The zero-order valence-electron chi connectivity index (χ0n) is 12.0. The molecular weight excluding hydrogens is 260 g/mol. The number of rotatable bonds is 1. The first-order valence-corrected chi connectivity index (χ1v) is 7.33. The van der Waals surface area contributed by atoms with E-state index >= 15 is 0 Å². The Hall–Kier alpha value is -2.42. The summed E-state index contributed by atoms with van der Waals surface area (Å²) in [5.41, 5.74) is 5.18. The number of pyridine rings is 1. The van der Waals surface area contributed by atoms with Gasteiger partial charge in [-0.3, -0.25) is 9.78 Å². The van der Waals surface area contributed by atoms with Crippen LogP contribution in [0.5, 0.6) is 0 Å². The second kappa shape index (κ2) is 4.55. The van der Waals surface area contributed by atoms with E-state index < -0.39 is 0 Å². The Balaban J connectivity index is 1.94. The van der Waals surface area contributed by atoms with Crippen LogP contribution in [0, 0.1) is 6.92 Å². The van der Waals surface area contributed by atoms with Crippen LogP contribution in [0.1, 0.15) is 34.6 Å². The van der Waals surface area contributed by atoms with Crippen molar-refractivity contribution >= 4 is 16.7 Å². The molecule has 0 N–H and O–H groups in total. The fourth-order valence-electron chi connectivity index (χ4n) is 3.27. The number of fused-ring (bicyclic) bond motifs is 2. The van der Waals surface area contributed by atoms with Crippen LogP contribution in [0.15, 0.2) is 42.6 Å². The monoisotopic (exact) mass is 276 g/mol. The molecule has 2 aromatic heterocycles. The topological polar surface area (TPSA) is 34.9 Å². The van der Waals surface area contributed by atoms with Crippen molar-refractivity contribution in [3.05, 3.63) is 59.5 Å². The van der Waals surface area contributed by atoms with Gasteiger partial charge >= 0.3 is 0 Å². The molecule has 3 heteroatoms. The highest BCUT2D eigenvalue weighted by Crippen LogP contribution is 2.28. The van der Waals surface area contributed by atoms with Crippen LogP contribution in [0.25, 0.3) is 16.6 Å². The minimum Gasteiger partial charge on any atom is -0.316 e. The molecule has 1 aliphatic carbocycles. The molecule has 1 aliphatic rings. The Labute approximate surface area is 123 Å². The van der Waals surface area contributed by atoms with Crippen molar-refractivity contribution in [2.75, 3.05) is 0 Å². The molecule has 2 heterocycles. The molecule has 0 saturated heterocycles. The lowest BCUT2D eigenvalue weighted by molar-refractivity contribution is 0.0972. The maximum atomic E-state index is 12.1. The fraction of sp³-hybridized carbons (Fsp3) is 0.222. The summed E-state index contributed by atoms with van der Waals surface area (Å²) in [6.45, 7) is 2.06. The number of aromatic nitrogens is 2. The van der Waals surface area contributed by atoms with Gasteiger partial charge in [-0.1, -0.05) is 18.2 Å². The lowest BCUT2D eigenvalue weighted by Crippen LogP contribution is -2.12. The smallest absolute Gasteiger partial charge is 0.164 e. The summed E-state index contributed by atoms with van der Waals surface area (Å²) < 4.78 is 2.19. The second-order valence-corrected chi connectivity index (χ2v) is 5.64. The third kappa shape index (κ3) is 1.88. The Morgan fingerprint density at radius 3 is 2.90 bits per heavy atom. The normalized spacial score (nSPS) is 14.4. The van der Waals surface area contributed by atoms with E-state index in [4.69, 9.17) is 0 Å². The Bertz CT molecular complexity index is 861. The molecule has 21 heavy (non-hydrogen) atoms. The number of carbonyl (C=O) groups excluding carboxylic acids is 1. The molecule has 104 valence electrons. The van der Waals surface area contributed by atoms with Gasteiger partial charge in [-0.25, -0.2) is 0 Å². The van der Waals surface area contributed by atoms with Crippen molar-refractivity contribution in [3.63, 3.8) is 0 Å². The first kappa shape index (κ1) is 12.3. The second-order valence-electron chi connectivity index (χ2n) is 5.64. The predicted molar refractivity (Wildman–Crippen MR) is 83.1 cm³/mol. The van der Waals surface area contributed by atoms with Gasteiger partial charge in [0, 0.05) is 28.8 Å². The molecule has 0 aliphatic heterocycles. The maximum absolute atomic E-state index is 12.1. The molecule has 0 unspecified atom stereocenters. The van der Waals surface area contributed by atoms with Gasteiger partial charge in [0.25, 0.3) is 0 Å². The highest BCUT2D eigenvalue weighted by Gasteiger charge is 2.23. The number of hydrogen-bond donors (Lipinski definition) is 0. The first-order valence-electron chi connectivity index (χ1n) is 7.33. The summed E-state index contributed by atoms with van der Waals surface area (Å²) in [5.74, 6) is 0.270. The molecule has 3 nitrogen and oxygen atoms in total. The fourth-order valence-corrected chi connectivity index (χ4v) is 3.27. The SMILES string of the molecule is Cc1cc2c(n1-c1cnc3ccccc3c1)CCCC2=O. The number of para-hydroxylation sites is 1. The number of benzene rings is 1. The van der Waals surface area contributed by atoms with Crippen LogP contribution in [0.3, 0.4) is 0 Å². The zero-order valence-corrected chi connectivity index (χ0v) is 12.0. The number of carbonyl (C=O) groups is 1. The summed E-state index contributed by atoms with van der Waals surface area (Å²) >= 11 is 0. The van der Waals surface area contributed by atoms with Crippen molar-refractivity contribution in [1.29, 1.82) is 0 Å². The molecule has 0 amide bonds. The van der Waals surface area contributed by atoms with Crippen molar-refractivity contribution in [1.82, 2.24) is 9.55 Å². The average molecular weight is 276 g/mol. The van der Waals surface area contributed by atoms with E-state index in [9.17, 15) is 4.79 Å². The minimum absolute atomic E-state index is 0.270. The molecule has 0 fully saturated rings. The largest absolute Gasteiger partial charge is 0.316 e. The molecule has 1 aromatic carbocycles. The number of hydrogen-bond acceptors (Lipinski definition) is 2. The van der Waals surface area contributed by atoms with E-state index in [-0.39, 0.29) is 5.78 Å². The molecule has 0 spiro atoms. The summed E-state index contributed by atoms with van der Waals surface area (Å²) in [4.78, 5) is 16.6. The standard InChI is InChI=1S/C18H16N2O/c1-12-9-15-17(7-4-8-18(15)21)20(12)14-10-13-5-2-3-6-16(13)19-11-14/h2-3,5-6,9-11H,4,7-8H2,1H3. The van der Waals surface area contributed by atoms with Crippen LogP contribution >= 0.6 is 0 Å².